The molecule has 0 aliphatic carbocycles. The van der Waals surface area contributed by atoms with E-state index in [2.05, 4.69) is 35.6 Å². The minimum atomic E-state index is -0.917. The Morgan fingerprint density at radius 1 is 1.20 bits per heavy atom. The molecule has 0 atom stereocenters. The van der Waals surface area contributed by atoms with E-state index in [1.54, 1.807) is 13.0 Å². The molecule has 1 aliphatic rings. The van der Waals surface area contributed by atoms with Crippen LogP contribution in [0.1, 0.15) is 36.8 Å². The molecule has 20 heavy (non-hydrogen) atoms. The van der Waals surface area contributed by atoms with E-state index in [-0.39, 0.29) is 11.1 Å². The van der Waals surface area contributed by atoms with E-state index in [9.17, 15) is 4.79 Å². The number of aryl methyl sites for hydroxylation is 1. The highest BCUT2D eigenvalue weighted by molar-refractivity contribution is 5.89. The molecule has 0 saturated carbocycles. The van der Waals surface area contributed by atoms with E-state index >= 15 is 0 Å². The molecule has 2 heterocycles. The van der Waals surface area contributed by atoms with Gasteiger partial charge in [0.05, 0.1) is 11.3 Å². The third-order valence-electron chi connectivity index (χ3n) is 3.85. The lowest BCUT2D eigenvalue weighted by atomic mass is 10.0. The van der Waals surface area contributed by atoms with Gasteiger partial charge in [-0.15, -0.1) is 0 Å². The molecule has 1 aromatic rings. The van der Waals surface area contributed by atoms with Gasteiger partial charge in [0.1, 0.15) is 5.82 Å². The second-order valence-electron chi connectivity index (χ2n) is 6.25. The van der Waals surface area contributed by atoms with Gasteiger partial charge in [0, 0.05) is 31.7 Å². The fraction of sp³-hybridized carbons (Fsp3) is 0.600. The number of hydrogen-bond donors (Lipinski definition) is 1. The topological polar surface area (TPSA) is 56.7 Å². The van der Waals surface area contributed by atoms with E-state index in [1.807, 2.05) is 6.07 Å². The molecule has 110 valence electrons. The molecular formula is C15H23N3O2. The summed E-state index contributed by atoms with van der Waals surface area (Å²) in [6, 6.07) is 3.46. The molecule has 1 aliphatic heterocycles. The molecule has 0 radical (unpaired) electrons. The highest BCUT2D eigenvalue weighted by atomic mass is 16.4. The molecule has 1 N–H and O–H groups in total. The van der Waals surface area contributed by atoms with Gasteiger partial charge in [-0.25, -0.2) is 9.78 Å². The van der Waals surface area contributed by atoms with Crippen molar-refractivity contribution in [2.75, 3.05) is 31.1 Å². The molecule has 0 aromatic carbocycles. The maximum Gasteiger partial charge on any atom is 0.337 e. The smallest absolute Gasteiger partial charge is 0.337 e. The van der Waals surface area contributed by atoms with Crippen molar-refractivity contribution in [1.82, 2.24) is 9.88 Å². The van der Waals surface area contributed by atoms with Crippen LogP contribution in [-0.2, 0) is 0 Å². The Hall–Kier alpha value is -1.62. The normalized spacial score (nSPS) is 17.3. The van der Waals surface area contributed by atoms with Crippen LogP contribution in [0.25, 0.3) is 0 Å². The van der Waals surface area contributed by atoms with Crippen LogP contribution >= 0.6 is 0 Å². The highest BCUT2D eigenvalue weighted by Gasteiger charge is 2.26. The summed E-state index contributed by atoms with van der Waals surface area (Å²) in [5.41, 5.74) is 1.05. The summed E-state index contributed by atoms with van der Waals surface area (Å²) in [7, 11) is 0. The molecule has 2 rings (SSSR count). The van der Waals surface area contributed by atoms with Crippen molar-refractivity contribution in [1.29, 1.82) is 0 Å². The molecule has 5 heteroatoms. The second kappa shape index (κ2) is 5.40. The summed E-state index contributed by atoms with van der Waals surface area (Å²) in [6.45, 7) is 12.3. The zero-order chi connectivity index (χ0) is 14.9. The maximum atomic E-state index is 11.0. The predicted octanol–water partition coefficient (Wildman–Crippen LogP) is 2.01. The summed E-state index contributed by atoms with van der Waals surface area (Å²) in [5.74, 6) is -0.0415. The molecule has 1 saturated heterocycles. The number of aromatic nitrogens is 1. The molecule has 0 unspecified atom stereocenters. The molecule has 0 bridgehead atoms. The SMILES string of the molecule is Cc1nc(N2CCN(C(C)(C)C)CC2)ccc1C(=O)O. The fourth-order valence-corrected chi connectivity index (χ4v) is 2.56. The van der Waals surface area contributed by atoms with Crippen LogP contribution < -0.4 is 4.90 Å². The van der Waals surface area contributed by atoms with Gasteiger partial charge in [-0.05, 0) is 39.8 Å². The monoisotopic (exact) mass is 277 g/mol. The molecule has 1 aromatic heterocycles. The Kier molecular flexibility index (Phi) is 3.99. The molecule has 0 spiro atoms. The Labute approximate surface area is 120 Å². The summed E-state index contributed by atoms with van der Waals surface area (Å²) < 4.78 is 0. The number of carbonyl (C=O) groups is 1. The lowest BCUT2D eigenvalue weighted by Gasteiger charge is -2.42. The van der Waals surface area contributed by atoms with Crippen molar-refractivity contribution in [3.05, 3.63) is 23.4 Å². The Morgan fingerprint density at radius 3 is 2.25 bits per heavy atom. The number of pyridine rings is 1. The predicted molar refractivity (Wildman–Crippen MR) is 79.5 cm³/mol. The fourth-order valence-electron chi connectivity index (χ4n) is 2.56. The average molecular weight is 277 g/mol. The van der Waals surface area contributed by atoms with Gasteiger partial charge in [0.25, 0.3) is 0 Å². The highest BCUT2D eigenvalue weighted by Crippen LogP contribution is 2.20. The maximum absolute atomic E-state index is 11.0. The van der Waals surface area contributed by atoms with E-state index < -0.39 is 5.97 Å². The first-order valence-electron chi connectivity index (χ1n) is 7.00. The number of hydrogen-bond acceptors (Lipinski definition) is 4. The second-order valence-corrected chi connectivity index (χ2v) is 6.25. The van der Waals surface area contributed by atoms with Gasteiger partial charge in [-0.1, -0.05) is 0 Å². The molecule has 0 amide bonds. The van der Waals surface area contributed by atoms with Gasteiger partial charge in [0.2, 0.25) is 0 Å². The Morgan fingerprint density at radius 2 is 1.80 bits per heavy atom. The lowest BCUT2D eigenvalue weighted by molar-refractivity contribution is 0.0695. The van der Waals surface area contributed by atoms with Crippen molar-refractivity contribution in [2.24, 2.45) is 0 Å². The van der Waals surface area contributed by atoms with Crippen molar-refractivity contribution in [3.63, 3.8) is 0 Å². The van der Waals surface area contributed by atoms with Crippen molar-refractivity contribution >= 4 is 11.8 Å². The van der Waals surface area contributed by atoms with Gasteiger partial charge >= 0.3 is 5.97 Å². The van der Waals surface area contributed by atoms with Crippen molar-refractivity contribution in [3.8, 4) is 0 Å². The average Bonchev–Trinajstić information content (AvgIpc) is 2.37. The zero-order valence-corrected chi connectivity index (χ0v) is 12.7. The van der Waals surface area contributed by atoms with Gasteiger partial charge in [-0.2, -0.15) is 0 Å². The van der Waals surface area contributed by atoms with Crippen molar-refractivity contribution in [2.45, 2.75) is 33.2 Å². The van der Waals surface area contributed by atoms with Crippen LogP contribution in [0.5, 0.6) is 0 Å². The van der Waals surface area contributed by atoms with Crippen LogP contribution in [0.3, 0.4) is 0 Å². The minimum Gasteiger partial charge on any atom is -0.478 e. The Balaban J connectivity index is 2.08. The summed E-state index contributed by atoms with van der Waals surface area (Å²) >= 11 is 0. The number of piperazine rings is 1. The standard InChI is InChI=1S/C15H23N3O2/c1-11-12(14(19)20)5-6-13(16-11)17-7-9-18(10-8-17)15(2,3)4/h5-6H,7-10H2,1-4H3,(H,19,20). The number of rotatable bonds is 2. The third kappa shape index (κ3) is 3.10. The quantitative estimate of drug-likeness (QED) is 0.896. The number of nitrogens with zero attached hydrogens (tertiary/aromatic N) is 3. The van der Waals surface area contributed by atoms with Gasteiger partial charge in [0.15, 0.2) is 0 Å². The first-order valence-corrected chi connectivity index (χ1v) is 7.00. The first kappa shape index (κ1) is 14.8. The molecule has 5 nitrogen and oxygen atoms in total. The van der Waals surface area contributed by atoms with Crippen LogP contribution in [0.2, 0.25) is 0 Å². The largest absolute Gasteiger partial charge is 0.478 e. The van der Waals surface area contributed by atoms with E-state index in [0.29, 0.717) is 5.69 Å². The first-order chi connectivity index (χ1) is 9.29. The summed E-state index contributed by atoms with van der Waals surface area (Å²) in [6.07, 6.45) is 0. The van der Waals surface area contributed by atoms with E-state index in [1.165, 1.54) is 0 Å². The van der Waals surface area contributed by atoms with E-state index in [4.69, 9.17) is 5.11 Å². The number of carboxylic acids is 1. The molecular weight excluding hydrogens is 254 g/mol. The number of aromatic carboxylic acids is 1. The lowest BCUT2D eigenvalue weighted by Crippen LogP contribution is -2.53. The summed E-state index contributed by atoms with van der Waals surface area (Å²) in [5, 5.41) is 9.03. The minimum absolute atomic E-state index is 0.197. The van der Waals surface area contributed by atoms with Crippen LogP contribution in [0, 0.1) is 6.92 Å². The Bertz CT molecular complexity index is 500. The van der Waals surface area contributed by atoms with Gasteiger partial charge < -0.3 is 10.0 Å². The van der Waals surface area contributed by atoms with Crippen LogP contribution in [0.4, 0.5) is 5.82 Å². The van der Waals surface area contributed by atoms with Crippen molar-refractivity contribution < 1.29 is 9.90 Å². The van der Waals surface area contributed by atoms with Crippen LogP contribution in [-0.4, -0.2) is 52.7 Å². The number of carboxylic acid groups (broad SMARTS) is 1. The van der Waals surface area contributed by atoms with Gasteiger partial charge in [-0.3, -0.25) is 4.90 Å². The summed E-state index contributed by atoms with van der Waals surface area (Å²) in [4.78, 5) is 20.1. The molecule has 1 fully saturated rings. The zero-order valence-electron chi connectivity index (χ0n) is 12.7. The third-order valence-corrected chi connectivity index (χ3v) is 3.85. The number of anilines is 1. The van der Waals surface area contributed by atoms with Crippen LogP contribution in [0.15, 0.2) is 12.1 Å². The van der Waals surface area contributed by atoms with E-state index in [0.717, 1.165) is 32.0 Å².